The number of hydrogen-bond donors (Lipinski definition) is 2. The lowest BCUT2D eigenvalue weighted by Gasteiger charge is -2.35. The predicted octanol–water partition coefficient (Wildman–Crippen LogP) is -0.339. The molecule has 0 saturated carbocycles. The summed E-state index contributed by atoms with van der Waals surface area (Å²) < 4.78 is 10.5. The fraction of sp³-hybridized carbons (Fsp3) is 0.667. The minimum Gasteiger partial charge on any atom is -0.389 e. The molecule has 7 nitrogen and oxygen atoms in total. The van der Waals surface area contributed by atoms with Gasteiger partial charge in [0.15, 0.2) is 0 Å². The van der Waals surface area contributed by atoms with Crippen LogP contribution in [0.15, 0.2) is 12.3 Å². The average Bonchev–Trinajstić information content (AvgIpc) is 2.41. The Morgan fingerprint density at radius 3 is 3.05 bits per heavy atom. The van der Waals surface area contributed by atoms with Crippen LogP contribution in [-0.4, -0.2) is 60.7 Å². The minimum atomic E-state index is -0.560. The number of methoxy groups -OCH3 is 1. The van der Waals surface area contributed by atoms with E-state index in [1.165, 1.54) is 0 Å². The van der Waals surface area contributed by atoms with E-state index in [0.29, 0.717) is 31.5 Å². The van der Waals surface area contributed by atoms with Crippen LogP contribution in [0.5, 0.6) is 0 Å². The smallest absolute Gasteiger partial charge is 0.227 e. The maximum absolute atomic E-state index is 10.1. The highest BCUT2D eigenvalue weighted by Gasteiger charge is 2.29. The molecule has 2 rings (SSSR count). The summed E-state index contributed by atoms with van der Waals surface area (Å²) >= 11 is 0. The van der Waals surface area contributed by atoms with Crippen molar-refractivity contribution in [3.8, 4) is 0 Å². The van der Waals surface area contributed by atoms with Crippen LogP contribution >= 0.6 is 0 Å². The highest BCUT2D eigenvalue weighted by atomic mass is 16.5. The van der Waals surface area contributed by atoms with Crippen molar-refractivity contribution < 1.29 is 14.6 Å². The first-order valence-electron chi connectivity index (χ1n) is 6.33. The summed E-state index contributed by atoms with van der Waals surface area (Å²) in [4.78, 5) is 10.2. The Labute approximate surface area is 112 Å². The number of hydrogen-bond acceptors (Lipinski definition) is 7. The summed E-state index contributed by atoms with van der Waals surface area (Å²) in [5.41, 5.74) is 5.63. The van der Waals surface area contributed by atoms with Crippen molar-refractivity contribution in [2.75, 3.05) is 44.0 Å². The third-order valence-corrected chi connectivity index (χ3v) is 3.09. The zero-order valence-corrected chi connectivity index (χ0v) is 11.0. The molecular weight excluding hydrogens is 248 g/mol. The van der Waals surface area contributed by atoms with E-state index in [1.54, 1.807) is 19.4 Å². The molecule has 0 spiro atoms. The maximum atomic E-state index is 10.1. The summed E-state index contributed by atoms with van der Waals surface area (Å²) in [6, 6.07) is 1.64. The highest BCUT2D eigenvalue weighted by molar-refractivity contribution is 5.38. The van der Waals surface area contributed by atoms with Crippen molar-refractivity contribution in [1.29, 1.82) is 0 Å². The molecule has 7 heteroatoms. The first kappa shape index (κ1) is 14.0. The SMILES string of the molecule is COCCO[C@H]1CCN(c2nccc(N)n2)C[C@H]1O. The number of aliphatic hydroxyl groups excluding tert-OH is 1. The summed E-state index contributed by atoms with van der Waals surface area (Å²) in [6.07, 6.45) is 1.62. The van der Waals surface area contributed by atoms with Crippen LogP contribution in [0.3, 0.4) is 0 Å². The predicted molar refractivity (Wildman–Crippen MR) is 70.9 cm³/mol. The van der Waals surface area contributed by atoms with Crippen molar-refractivity contribution >= 4 is 11.8 Å². The molecule has 0 aromatic carbocycles. The molecule has 1 aromatic heterocycles. The molecule has 0 amide bonds. The number of nitrogen functional groups attached to an aromatic ring is 1. The van der Waals surface area contributed by atoms with Crippen molar-refractivity contribution in [2.45, 2.75) is 18.6 Å². The molecule has 1 aliphatic rings. The zero-order chi connectivity index (χ0) is 13.7. The van der Waals surface area contributed by atoms with Gasteiger partial charge < -0.3 is 25.2 Å². The van der Waals surface area contributed by atoms with Gasteiger partial charge in [0.05, 0.1) is 25.4 Å². The van der Waals surface area contributed by atoms with Crippen molar-refractivity contribution in [2.24, 2.45) is 0 Å². The molecule has 2 atom stereocenters. The summed E-state index contributed by atoms with van der Waals surface area (Å²) in [5, 5.41) is 10.1. The van der Waals surface area contributed by atoms with Gasteiger partial charge in [0.1, 0.15) is 5.82 Å². The molecule has 1 aliphatic heterocycles. The van der Waals surface area contributed by atoms with Crippen LogP contribution in [0.25, 0.3) is 0 Å². The van der Waals surface area contributed by atoms with Crippen molar-refractivity contribution in [1.82, 2.24) is 9.97 Å². The van der Waals surface area contributed by atoms with E-state index in [0.717, 1.165) is 13.0 Å². The van der Waals surface area contributed by atoms with Gasteiger partial charge in [-0.3, -0.25) is 0 Å². The first-order valence-corrected chi connectivity index (χ1v) is 6.33. The zero-order valence-electron chi connectivity index (χ0n) is 11.0. The topological polar surface area (TPSA) is 93.7 Å². The van der Waals surface area contributed by atoms with Gasteiger partial charge in [-0.25, -0.2) is 4.98 Å². The number of anilines is 2. The van der Waals surface area contributed by atoms with Gasteiger partial charge >= 0.3 is 0 Å². The number of nitrogens with two attached hydrogens (primary N) is 1. The number of nitrogens with zero attached hydrogens (tertiary/aromatic N) is 3. The fourth-order valence-corrected chi connectivity index (χ4v) is 2.08. The van der Waals surface area contributed by atoms with Gasteiger partial charge in [0.2, 0.25) is 5.95 Å². The van der Waals surface area contributed by atoms with Crippen molar-refractivity contribution in [3.63, 3.8) is 0 Å². The average molecular weight is 268 g/mol. The molecule has 0 radical (unpaired) electrons. The number of ether oxygens (including phenoxy) is 2. The minimum absolute atomic E-state index is 0.160. The van der Waals surface area contributed by atoms with E-state index >= 15 is 0 Å². The largest absolute Gasteiger partial charge is 0.389 e. The molecule has 106 valence electrons. The van der Waals surface area contributed by atoms with Gasteiger partial charge in [-0.15, -0.1) is 0 Å². The monoisotopic (exact) mass is 268 g/mol. The molecule has 3 N–H and O–H groups in total. The lowest BCUT2D eigenvalue weighted by Crippen LogP contribution is -2.48. The van der Waals surface area contributed by atoms with Gasteiger partial charge in [0, 0.05) is 26.4 Å². The molecule has 1 fully saturated rings. The van der Waals surface area contributed by atoms with E-state index in [9.17, 15) is 5.11 Å². The Kier molecular flexibility index (Phi) is 4.89. The maximum Gasteiger partial charge on any atom is 0.227 e. The Bertz CT molecular complexity index is 404. The van der Waals surface area contributed by atoms with E-state index in [-0.39, 0.29) is 6.10 Å². The molecule has 19 heavy (non-hydrogen) atoms. The van der Waals surface area contributed by atoms with E-state index in [1.807, 2.05) is 4.90 Å². The van der Waals surface area contributed by atoms with E-state index < -0.39 is 6.10 Å². The van der Waals surface area contributed by atoms with Crippen LogP contribution in [0.4, 0.5) is 11.8 Å². The fourth-order valence-electron chi connectivity index (χ4n) is 2.08. The molecule has 0 bridgehead atoms. The van der Waals surface area contributed by atoms with Crippen molar-refractivity contribution in [3.05, 3.63) is 12.3 Å². The molecule has 1 saturated heterocycles. The number of piperidine rings is 1. The second kappa shape index (κ2) is 6.65. The Hall–Kier alpha value is -1.44. The number of β-amino-alcohol motifs (C(OH)–C–C–N with tert-alkyl or cyclic N) is 1. The van der Waals surface area contributed by atoms with E-state index in [2.05, 4.69) is 9.97 Å². The van der Waals surface area contributed by atoms with Gasteiger partial charge in [-0.1, -0.05) is 0 Å². The highest BCUT2D eigenvalue weighted by Crippen LogP contribution is 2.19. The third kappa shape index (κ3) is 3.76. The van der Waals surface area contributed by atoms with Gasteiger partial charge in [0.25, 0.3) is 0 Å². The molecule has 1 aromatic rings. The van der Waals surface area contributed by atoms with Crippen LogP contribution in [0.1, 0.15) is 6.42 Å². The number of aliphatic hydroxyl groups is 1. The number of aromatic nitrogens is 2. The Morgan fingerprint density at radius 1 is 1.53 bits per heavy atom. The molecule has 0 unspecified atom stereocenters. The Balaban J connectivity index is 1.89. The molecule has 2 heterocycles. The number of rotatable bonds is 5. The molecule has 0 aliphatic carbocycles. The van der Waals surface area contributed by atoms with Crippen LogP contribution in [0.2, 0.25) is 0 Å². The normalized spacial score (nSPS) is 23.6. The lowest BCUT2D eigenvalue weighted by molar-refractivity contribution is -0.0593. The van der Waals surface area contributed by atoms with Crippen LogP contribution in [0, 0.1) is 0 Å². The van der Waals surface area contributed by atoms with Crippen LogP contribution < -0.4 is 10.6 Å². The Morgan fingerprint density at radius 2 is 2.37 bits per heavy atom. The second-order valence-electron chi connectivity index (χ2n) is 4.49. The van der Waals surface area contributed by atoms with Gasteiger partial charge in [-0.2, -0.15) is 4.98 Å². The summed E-state index contributed by atoms with van der Waals surface area (Å²) in [7, 11) is 1.62. The van der Waals surface area contributed by atoms with Gasteiger partial charge in [-0.05, 0) is 12.5 Å². The summed E-state index contributed by atoms with van der Waals surface area (Å²) in [6.45, 7) is 2.21. The lowest BCUT2D eigenvalue weighted by atomic mass is 10.1. The van der Waals surface area contributed by atoms with E-state index in [4.69, 9.17) is 15.2 Å². The van der Waals surface area contributed by atoms with Crippen LogP contribution in [-0.2, 0) is 9.47 Å². The standard InChI is InChI=1S/C12H20N4O3/c1-18-6-7-19-10-3-5-16(8-9(10)17)12-14-4-2-11(13)15-12/h2,4,9-10,17H,3,5-8H2,1H3,(H2,13,14,15)/t9-,10+/m1/s1. The third-order valence-electron chi connectivity index (χ3n) is 3.09. The first-order chi connectivity index (χ1) is 9.20. The summed E-state index contributed by atoms with van der Waals surface area (Å²) in [5.74, 6) is 0.979. The second-order valence-corrected chi connectivity index (χ2v) is 4.49. The quantitative estimate of drug-likeness (QED) is 0.706. The molecular formula is C12H20N4O3.